The summed E-state index contributed by atoms with van der Waals surface area (Å²) in [5.41, 5.74) is 4.31. The van der Waals surface area contributed by atoms with Gasteiger partial charge in [0, 0.05) is 11.1 Å². The largest absolute Gasteiger partial charge is 0.496 e. The molecular formula is C20H17O2Si. The van der Waals surface area contributed by atoms with Gasteiger partial charge in [0.2, 0.25) is 0 Å². The van der Waals surface area contributed by atoms with Crippen LogP contribution in [0.2, 0.25) is 0 Å². The lowest BCUT2D eigenvalue weighted by molar-refractivity contribution is 0.410. The lowest BCUT2D eigenvalue weighted by atomic mass is 9.98. The van der Waals surface area contributed by atoms with Crippen molar-refractivity contribution in [3.63, 3.8) is 0 Å². The molecule has 3 radical (unpaired) electrons. The van der Waals surface area contributed by atoms with Crippen LogP contribution in [0.15, 0.2) is 66.7 Å². The Kier molecular flexibility index (Phi) is 4.49. The van der Waals surface area contributed by atoms with Crippen LogP contribution in [0.5, 0.6) is 11.5 Å². The van der Waals surface area contributed by atoms with Gasteiger partial charge in [0.1, 0.15) is 11.5 Å². The molecule has 0 saturated heterocycles. The normalized spacial score (nSPS) is 10.4. The molecule has 0 fully saturated rings. The topological polar surface area (TPSA) is 18.5 Å². The van der Waals surface area contributed by atoms with Crippen LogP contribution in [-0.4, -0.2) is 24.5 Å². The molecule has 0 N–H and O–H groups in total. The predicted octanol–water partition coefficient (Wildman–Crippen LogP) is 3.83. The van der Waals surface area contributed by atoms with Gasteiger partial charge in [-0.2, -0.15) is 0 Å². The first-order chi connectivity index (χ1) is 11.2. The minimum Gasteiger partial charge on any atom is -0.496 e. The van der Waals surface area contributed by atoms with Crippen molar-refractivity contribution >= 4 is 15.4 Å². The van der Waals surface area contributed by atoms with Gasteiger partial charge in [0.25, 0.3) is 0 Å². The summed E-state index contributed by atoms with van der Waals surface area (Å²) in [5, 5.41) is 0.977. The van der Waals surface area contributed by atoms with E-state index < -0.39 is 0 Å². The summed E-state index contributed by atoms with van der Waals surface area (Å²) >= 11 is 0. The number of rotatable bonds is 4. The summed E-state index contributed by atoms with van der Waals surface area (Å²) in [7, 11) is 6.90. The van der Waals surface area contributed by atoms with Crippen molar-refractivity contribution < 1.29 is 9.47 Å². The van der Waals surface area contributed by atoms with Crippen LogP contribution < -0.4 is 14.7 Å². The van der Waals surface area contributed by atoms with Gasteiger partial charge >= 0.3 is 0 Å². The highest BCUT2D eigenvalue weighted by molar-refractivity contribution is 6.32. The van der Waals surface area contributed by atoms with Crippen molar-refractivity contribution in [2.75, 3.05) is 14.2 Å². The van der Waals surface area contributed by atoms with Crippen molar-refractivity contribution in [1.29, 1.82) is 0 Å². The fourth-order valence-electron chi connectivity index (χ4n) is 2.64. The molecule has 0 unspecified atom stereocenters. The number of hydrogen-bond donors (Lipinski definition) is 0. The van der Waals surface area contributed by atoms with E-state index in [1.54, 1.807) is 14.2 Å². The van der Waals surface area contributed by atoms with Crippen molar-refractivity contribution in [2.24, 2.45) is 0 Å². The third-order valence-corrected chi connectivity index (χ3v) is 4.11. The third kappa shape index (κ3) is 3.15. The van der Waals surface area contributed by atoms with Crippen molar-refractivity contribution in [2.45, 2.75) is 0 Å². The Balaban J connectivity index is 2.11. The Bertz CT molecular complexity index is 813. The molecule has 23 heavy (non-hydrogen) atoms. The van der Waals surface area contributed by atoms with E-state index in [2.05, 4.69) is 40.6 Å². The molecule has 0 atom stereocenters. The molecule has 0 aliphatic carbocycles. The Hall–Kier alpha value is -2.52. The second kappa shape index (κ2) is 6.71. The molecule has 0 spiro atoms. The Morgan fingerprint density at radius 1 is 0.652 bits per heavy atom. The van der Waals surface area contributed by atoms with Crippen LogP contribution in [0, 0.1) is 0 Å². The number of benzene rings is 3. The van der Waals surface area contributed by atoms with E-state index in [0.717, 1.165) is 33.4 Å². The van der Waals surface area contributed by atoms with E-state index >= 15 is 0 Å². The van der Waals surface area contributed by atoms with E-state index in [9.17, 15) is 0 Å². The minimum absolute atomic E-state index is 0.809. The van der Waals surface area contributed by atoms with Gasteiger partial charge in [-0.1, -0.05) is 53.7 Å². The zero-order valence-corrected chi connectivity index (χ0v) is 14.2. The highest BCUT2D eigenvalue weighted by Crippen LogP contribution is 2.38. The molecule has 0 aliphatic heterocycles. The summed E-state index contributed by atoms with van der Waals surface area (Å²) < 4.78 is 11.1. The lowest BCUT2D eigenvalue weighted by Gasteiger charge is -2.14. The Morgan fingerprint density at radius 2 is 1.26 bits per heavy atom. The lowest BCUT2D eigenvalue weighted by Crippen LogP contribution is -2.03. The highest BCUT2D eigenvalue weighted by Gasteiger charge is 2.12. The molecule has 113 valence electrons. The summed E-state index contributed by atoms with van der Waals surface area (Å²) in [6, 6.07) is 22.5. The fourth-order valence-corrected chi connectivity index (χ4v) is 2.85. The monoisotopic (exact) mass is 317 g/mol. The van der Waals surface area contributed by atoms with Gasteiger partial charge in [-0.05, 0) is 29.3 Å². The zero-order chi connectivity index (χ0) is 16.2. The first kappa shape index (κ1) is 15.4. The van der Waals surface area contributed by atoms with Crippen molar-refractivity contribution in [3.05, 3.63) is 66.7 Å². The third-order valence-electron chi connectivity index (χ3n) is 3.80. The molecular weight excluding hydrogens is 300 g/mol. The van der Waals surface area contributed by atoms with Crippen LogP contribution in [-0.2, 0) is 0 Å². The quantitative estimate of drug-likeness (QED) is 0.681. The average molecular weight is 317 g/mol. The molecule has 3 heteroatoms. The molecule has 0 saturated carbocycles. The Labute approximate surface area is 140 Å². The first-order valence-electron chi connectivity index (χ1n) is 7.36. The highest BCUT2D eigenvalue weighted by atomic mass is 28.1. The zero-order valence-electron chi connectivity index (χ0n) is 13.2. The van der Waals surface area contributed by atoms with Crippen LogP contribution in [0.3, 0.4) is 0 Å². The molecule has 0 heterocycles. The summed E-state index contributed by atoms with van der Waals surface area (Å²) in [6.07, 6.45) is 0. The summed E-state index contributed by atoms with van der Waals surface area (Å²) in [6.45, 7) is 0. The van der Waals surface area contributed by atoms with Gasteiger partial charge in [-0.15, -0.1) is 0 Å². The van der Waals surface area contributed by atoms with Gasteiger partial charge in [0.05, 0.1) is 24.5 Å². The molecule has 0 aromatic heterocycles. The molecule has 0 aliphatic rings. The number of methoxy groups -OCH3 is 2. The maximum Gasteiger partial charge on any atom is 0.127 e. The number of ether oxygens (including phenoxy) is 2. The van der Waals surface area contributed by atoms with Gasteiger partial charge in [0.15, 0.2) is 0 Å². The summed E-state index contributed by atoms with van der Waals surface area (Å²) in [5.74, 6) is 1.63. The van der Waals surface area contributed by atoms with Gasteiger partial charge in [-0.25, -0.2) is 0 Å². The summed E-state index contributed by atoms with van der Waals surface area (Å²) in [4.78, 5) is 0. The van der Waals surface area contributed by atoms with Crippen LogP contribution >= 0.6 is 0 Å². The second-order valence-electron chi connectivity index (χ2n) is 5.20. The standard InChI is InChI=1S/C20H17O2Si/c1-21-19-12-15(14-6-4-3-5-7-14)8-10-17(19)18-11-9-16(23)13-20(18)22-2/h3-13H,1-2H3. The van der Waals surface area contributed by atoms with E-state index in [0.29, 0.717) is 0 Å². The second-order valence-corrected chi connectivity index (χ2v) is 5.77. The van der Waals surface area contributed by atoms with Crippen LogP contribution in [0.1, 0.15) is 0 Å². The van der Waals surface area contributed by atoms with Crippen molar-refractivity contribution in [1.82, 2.24) is 0 Å². The smallest absolute Gasteiger partial charge is 0.127 e. The average Bonchev–Trinajstić information content (AvgIpc) is 2.62. The first-order valence-corrected chi connectivity index (χ1v) is 7.86. The molecule has 0 amide bonds. The van der Waals surface area contributed by atoms with Gasteiger partial charge < -0.3 is 9.47 Å². The van der Waals surface area contributed by atoms with E-state index in [4.69, 9.17) is 9.47 Å². The minimum atomic E-state index is 0.809. The van der Waals surface area contributed by atoms with Crippen molar-refractivity contribution in [3.8, 4) is 33.8 Å². The molecule has 0 bridgehead atoms. The van der Waals surface area contributed by atoms with Crippen LogP contribution in [0.25, 0.3) is 22.3 Å². The Morgan fingerprint density at radius 3 is 1.91 bits per heavy atom. The van der Waals surface area contributed by atoms with Gasteiger partial charge in [-0.3, -0.25) is 0 Å². The van der Waals surface area contributed by atoms with E-state index in [-0.39, 0.29) is 0 Å². The fraction of sp³-hybridized carbons (Fsp3) is 0.100. The van der Waals surface area contributed by atoms with E-state index in [1.807, 2.05) is 36.4 Å². The number of hydrogen-bond acceptors (Lipinski definition) is 2. The van der Waals surface area contributed by atoms with E-state index in [1.165, 1.54) is 5.56 Å². The molecule has 3 aromatic carbocycles. The van der Waals surface area contributed by atoms with Crippen LogP contribution in [0.4, 0.5) is 0 Å². The molecule has 2 nitrogen and oxygen atoms in total. The SMILES string of the molecule is COc1cc([Si])ccc1-c1ccc(-c2ccccc2)cc1OC. The predicted molar refractivity (Wildman–Crippen MR) is 95.8 cm³/mol. The molecule has 3 rings (SSSR count). The maximum absolute atomic E-state index is 5.62. The maximum atomic E-state index is 5.62. The molecule has 3 aromatic rings.